The Kier molecular flexibility index (Phi) is 2.70. The van der Waals surface area contributed by atoms with Gasteiger partial charge in [0, 0.05) is 37.1 Å². The predicted molar refractivity (Wildman–Crippen MR) is 70.1 cm³/mol. The minimum Gasteiger partial charge on any atom is -0.480 e. The number of carbonyl (C=O) groups is 1. The number of nitrogens with zero attached hydrogens (tertiary/aromatic N) is 4. The number of aliphatic carboxylic acids is 1. The van der Waals surface area contributed by atoms with Gasteiger partial charge in [-0.1, -0.05) is 0 Å². The van der Waals surface area contributed by atoms with Crippen molar-refractivity contribution in [3.8, 4) is 11.1 Å². The SMILES string of the molecule is CN1CCc2cc(-c3cnn(CC(=O)O)c3)cnc21. The second-order valence-electron chi connectivity index (χ2n) is 4.70. The lowest BCUT2D eigenvalue weighted by molar-refractivity contribution is -0.137. The average molecular weight is 258 g/mol. The Morgan fingerprint density at radius 2 is 2.26 bits per heavy atom. The fourth-order valence-corrected chi connectivity index (χ4v) is 2.32. The van der Waals surface area contributed by atoms with Gasteiger partial charge in [-0.3, -0.25) is 9.48 Å². The standard InChI is InChI=1S/C13H14N4O2/c1-16-3-2-9-4-10(5-14-13(9)16)11-6-15-17(7-11)8-12(18)19/h4-7H,2-3,8H2,1H3,(H,18,19). The summed E-state index contributed by atoms with van der Waals surface area (Å²) < 4.78 is 1.41. The molecule has 1 aliphatic heterocycles. The lowest BCUT2D eigenvalue weighted by Crippen LogP contribution is -2.13. The molecule has 19 heavy (non-hydrogen) atoms. The minimum atomic E-state index is -0.900. The number of likely N-dealkylation sites (N-methyl/N-ethyl adjacent to an activating group) is 1. The average Bonchev–Trinajstić information content (AvgIpc) is 2.96. The van der Waals surface area contributed by atoms with E-state index in [-0.39, 0.29) is 6.54 Å². The summed E-state index contributed by atoms with van der Waals surface area (Å²) in [5.41, 5.74) is 3.10. The Bertz CT molecular complexity index is 635. The third-order valence-corrected chi connectivity index (χ3v) is 3.28. The maximum atomic E-state index is 10.6. The van der Waals surface area contributed by atoms with E-state index in [0.29, 0.717) is 0 Å². The monoisotopic (exact) mass is 258 g/mol. The molecule has 0 atom stereocenters. The molecule has 0 amide bonds. The highest BCUT2D eigenvalue weighted by Crippen LogP contribution is 2.28. The van der Waals surface area contributed by atoms with E-state index in [1.54, 1.807) is 12.4 Å². The van der Waals surface area contributed by atoms with Crippen molar-refractivity contribution in [2.75, 3.05) is 18.5 Å². The summed E-state index contributed by atoms with van der Waals surface area (Å²) in [4.78, 5) is 17.2. The molecule has 0 bridgehead atoms. The summed E-state index contributed by atoms with van der Waals surface area (Å²) in [5, 5.41) is 12.8. The zero-order valence-electron chi connectivity index (χ0n) is 10.6. The second-order valence-corrected chi connectivity index (χ2v) is 4.70. The van der Waals surface area contributed by atoms with Crippen LogP contribution in [0.25, 0.3) is 11.1 Å². The molecule has 1 aliphatic rings. The van der Waals surface area contributed by atoms with Crippen LogP contribution in [0.5, 0.6) is 0 Å². The van der Waals surface area contributed by atoms with Crippen LogP contribution in [-0.2, 0) is 17.8 Å². The number of fused-ring (bicyclic) bond motifs is 1. The number of anilines is 1. The molecular weight excluding hydrogens is 244 g/mol. The number of pyridine rings is 1. The van der Waals surface area contributed by atoms with Crippen LogP contribution in [0, 0.1) is 0 Å². The molecule has 6 nitrogen and oxygen atoms in total. The van der Waals surface area contributed by atoms with Gasteiger partial charge in [0.15, 0.2) is 0 Å². The van der Waals surface area contributed by atoms with Crippen LogP contribution in [0.15, 0.2) is 24.7 Å². The van der Waals surface area contributed by atoms with Crippen molar-refractivity contribution in [1.82, 2.24) is 14.8 Å². The number of hydrogen-bond acceptors (Lipinski definition) is 4. The van der Waals surface area contributed by atoms with Crippen LogP contribution < -0.4 is 4.90 Å². The molecule has 3 rings (SSSR count). The van der Waals surface area contributed by atoms with Crippen LogP contribution in [0.3, 0.4) is 0 Å². The number of aromatic nitrogens is 3. The molecule has 0 fully saturated rings. The molecule has 6 heteroatoms. The normalized spacial score (nSPS) is 13.6. The molecule has 0 aromatic carbocycles. The first-order chi connectivity index (χ1) is 9.13. The summed E-state index contributed by atoms with van der Waals surface area (Å²) in [7, 11) is 2.03. The number of rotatable bonds is 3. The van der Waals surface area contributed by atoms with Gasteiger partial charge in [0.25, 0.3) is 0 Å². The van der Waals surface area contributed by atoms with Gasteiger partial charge in [0.2, 0.25) is 0 Å². The molecule has 0 radical (unpaired) electrons. The predicted octanol–water partition coefficient (Wildman–Crippen LogP) is 1.02. The molecular formula is C13H14N4O2. The zero-order chi connectivity index (χ0) is 13.4. The molecule has 0 saturated heterocycles. The number of hydrogen-bond donors (Lipinski definition) is 1. The first-order valence-electron chi connectivity index (χ1n) is 6.08. The van der Waals surface area contributed by atoms with Gasteiger partial charge >= 0.3 is 5.97 Å². The van der Waals surface area contributed by atoms with Gasteiger partial charge < -0.3 is 10.0 Å². The van der Waals surface area contributed by atoms with E-state index in [4.69, 9.17) is 5.11 Å². The van der Waals surface area contributed by atoms with Crippen molar-refractivity contribution in [1.29, 1.82) is 0 Å². The maximum Gasteiger partial charge on any atom is 0.325 e. The van der Waals surface area contributed by atoms with Gasteiger partial charge in [-0.15, -0.1) is 0 Å². The Morgan fingerprint density at radius 3 is 3.05 bits per heavy atom. The van der Waals surface area contributed by atoms with Gasteiger partial charge in [0.05, 0.1) is 6.20 Å². The minimum absolute atomic E-state index is 0.124. The molecule has 3 heterocycles. The summed E-state index contributed by atoms with van der Waals surface area (Å²) in [6.45, 7) is 0.866. The lowest BCUT2D eigenvalue weighted by Gasteiger charge is -2.10. The quantitative estimate of drug-likeness (QED) is 0.890. The Labute approximate surface area is 110 Å². The van der Waals surface area contributed by atoms with E-state index in [0.717, 1.165) is 29.9 Å². The van der Waals surface area contributed by atoms with Crippen molar-refractivity contribution in [2.24, 2.45) is 0 Å². The molecule has 0 spiro atoms. The van der Waals surface area contributed by atoms with E-state index in [2.05, 4.69) is 21.0 Å². The summed E-state index contributed by atoms with van der Waals surface area (Å²) in [6.07, 6.45) is 6.21. The van der Waals surface area contributed by atoms with Crippen LogP contribution in [0.2, 0.25) is 0 Å². The molecule has 0 saturated carbocycles. The lowest BCUT2D eigenvalue weighted by atomic mass is 10.1. The Hall–Kier alpha value is -2.37. The van der Waals surface area contributed by atoms with E-state index in [1.807, 2.05) is 13.2 Å². The highest BCUT2D eigenvalue weighted by molar-refractivity contribution is 5.68. The van der Waals surface area contributed by atoms with Gasteiger partial charge in [-0.2, -0.15) is 5.10 Å². The third-order valence-electron chi connectivity index (χ3n) is 3.28. The van der Waals surface area contributed by atoms with Gasteiger partial charge in [-0.25, -0.2) is 4.98 Å². The second kappa shape index (κ2) is 4.38. The van der Waals surface area contributed by atoms with E-state index >= 15 is 0 Å². The summed E-state index contributed by atoms with van der Waals surface area (Å²) in [6, 6.07) is 2.11. The Balaban J connectivity index is 1.90. The van der Waals surface area contributed by atoms with Crippen LogP contribution in [-0.4, -0.2) is 39.4 Å². The van der Waals surface area contributed by atoms with Crippen molar-refractivity contribution in [2.45, 2.75) is 13.0 Å². The van der Waals surface area contributed by atoms with Crippen molar-refractivity contribution in [3.63, 3.8) is 0 Å². The number of carboxylic acid groups (broad SMARTS) is 1. The molecule has 1 N–H and O–H groups in total. The van der Waals surface area contributed by atoms with Crippen LogP contribution >= 0.6 is 0 Å². The first-order valence-corrected chi connectivity index (χ1v) is 6.08. The van der Waals surface area contributed by atoms with Crippen molar-refractivity contribution >= 4 is 11.8 Å². The maximum absolute atomic E-state index is 10.6. The van der Waals surface area contributed by atoms with Crippen molar-refractivity contribution in [3.05, 3.63) is 30.2 Å². The van der Waals surface area contributed by atoms with Crippen LogP contribution in [0.4, 0.5) is 5.82 Å². The van der Waals surface area contributed by atoms with Crippen LogP contribution in [0.1, 0.15) is 5.56 Å². The smallest absolute Gasteiger partial charge is 0.325 e. The topological polar surface area (TPSA) is 71.2 Å². The Morgan fingerprint density at radius 1 is 1.42 bits per heavy atom. The van der Waals surface area contributed by atoms with E-state index in [1.165, 1.54) is 10.2 Å². The zero-order valence-corrected chi connectivity index (χ0v) is 10.6. The van der Waals surface area contributed by atoms with Crippen molar-refractivity contribution < 1.29 is 9.90 Å². The first kappa shape index (κ1) is 11.7. The van der Waals surface area contributed by atoms with Gasteiger partial charge in [0.1, 0.15) is 12.4 Å². The fourth-order valence-electron chi connectivity index (χ4n) is 2.32. The summed E-state index contributed by atoms with van der Waals surface area (Å²) in [5.74, 6) is 0.130. The molecule has 2 aromatic heterocycles. The molecule has 98 valence electrons. The number of carboxylic acids is 1. The molecule has 0 unspecified atom stereocenters. The van der Waals surface area contributed by atoms with E-state index < -0.39 is 5.97 Å². The highest BCUT2D eigenvalue weighted by Gasteiger charge is 2.18. The van der Waals surface area contributed by atoms with E-state index in [9.17, 15) is 4.79 Å². The van der Waals surface area contributed by atoms with Gasteiger partial charge in [-0.05, 0) is 18.1 Å². The fraction of sp³-hybridized carbons (Fsp3) is 0.308. The summed E-state index contributed by atoms with van der Waals surface area (Å²) >= 11 is 0. The third kappa shape index (κ3) is 2.16. The molecule has 0 aliphatic carbocycles. The highest BCUT2D eigenvalue weighted by atomic mass is 16.4. The molecule has 2 aromatic rings. The largest absolute Gasteiger partial charge is 0.480 e.